The summed E-state index contributed by atoms with van der Waals surface area (Å²) >= 11 is 0. The molecule has 18 heavy (non-hydrogen) atoms. The molecule has 0 N–H and O–H groups in total. The third-order valence-electron chi connectivity index (χ3n) is 3.16. The fourth-order valence-corrected chi connectivity index (χ4v) is 2.08. The van der Waals surface area contributed by atoms with Crippen LogP contribution in [0.2, 0.25) is 0 Å². The number of fused-ring (bicyclic) bond motifs is 1. The quantitative estimate of drug-likeness (QED) is 0.777. The van der Waals surface area contributed by atoms with Crippen LogP contribution in [0, 0.1) is 6.92 Å². The number of hydrogen-bond donors (Lipinski definition) is 0. The first-order valence-electron chi connectivity index (χ1n) is 6.23. The van der Waals surface area contributed by atoms with Crippen molar-refractivity contribution < 1.29 is 9.53 Å². The smallest absolute Gasteiger partial charge is 0.343 e. The molecule has 1 aliphatic rings. The summed E-state index contributed by atoms with van der Waals surface area (Å²) in [5.41, 5.74) is 3.11. The van der Waals surface area contributed by atoms with Crippen LogP contribution in [0.5, 0.6) is 0 Å². The number of esters is 1. The first-order valence-corrected chi connectivity index (χ1v) is 6.23. The Kier molecular flexibility index (Phi) is 2.54. The third kappa shape index (κ3) is 1.75. The molecule has 0 aliphatic heterocycles. The molecular formula is C13H15N3O2. The summed E-state index contributed by atoms with van der Waals surface area (Å²) in [6.45, 7) is 4.12. The van der Waals surface area contributed by atoms with Crippen LogP contribution in [-0.4, -0.2) is 27.2 Å². The van der Waals surface area contributed by atoms with Gasteiger partial charge < -0.3 is 4.74 Å². The number of aryl methyl sites for hydroxylation is 1. The van der Waals surface area contributed by atoms with E-state index in [0.29, 0.717) is 23.7 Å². The number of nitrogens with zero attached hydrogens (tertiary/aromatic N) is 3. The van der Waals surface area contributed by atoms with Crippen LogP contribution < -0.4 is 0 Å². The minimum Gasteiger partial charge on any atom is -0.462 e. The van der Waals surface area contributed by atoms with Crippen LogP contribution in [0.1, 0.15) is 47.4 Å². The van der Waals surface area contributed by atoms with Crippen LogP contribution in [0.3, 0.4) is 0 Å². The Morgan fingerprint density at radius 1 is 1.56 bits per heavy atom. The molecule has 0 radical (unpaired) electrons. The SMILES string of the molecule is CCOC(=O)c1cnn2c(C)cc(C3CC3)nc12. The zero-order chi connectivity index (χ0) is 12.7. The van der Waals surface area contributed by atoms with Crippen molar-refractivity contribution in [1.29, 1.82) is 0 Å². The fourth-order valence-electron chi connectivity index (χ4n) is 2.08. The van der Waals surface area contributed by atoms with E-state index in [-0.39, 0.29) is 5.97 Å². The van der Waals surface area contributed by atoms with Gasteiger partial charge in [0, 0.05) is 17.3 Å². The molecular weight excluding hydrogens is 230 g/mol. The van der Waals surface area contributed by atoms with Crippen molar-refractivity contribution in [3.05, 3.63) is 29.2 Å². The van der Waals surface area contributed by atoms with Gasteiger partial charge in [-0.2, -0.15) is 5.10 Å². The van der Waals surface area contributed by atoms with Gasteiger partial charge in [-0.05, 0) is 32.8 Å². The topological polar surface area (TPSA) is 56.5 Å². The highest BCUT2D eigenvalue weighted by molar-refractivity contribution is 5.95. The highest BCUT2D eigenvalue weighted by Gasteiger charge is 2.27. The van der Waals surface area contributed by atoms with Crippen molar-refractivity contribution in [2.45, 2.75) is 32.6 Å². The highest BCUT2D eigenvalue weighted by atomic mass is 16.5. The molecule has 0 saturated heterocycles. The van der Waals surface area contributed by atoms with Gasteiger partial charge in [-0.15, -0.1) is 0 Å². The van der Waals surface area contributed by atoms with Gasteiger partial charge in [0.2, 0.25) is 0 Å². The summed E-state index contributed by atoms with van der Waals surface area (Å²) in [4.78, 5) is 16.4. The predicted molar refractivity (Wildman–Crippen MR) is 65.7 cm³/mol. The number of ether oxygens (including phenoxy) is 1. The minimum atomic E-state index is -0.354. The molecule has 0 spiro atoms. The van der Waals surface area contributed by atoms with Crippen molar-refractivity contribution in [1.82, 2.24) is 14.6 Å². The Morgan fingerprint density at radius 2 is 2.33 bits per heavy atom. The lowest BCUT2D eigenvalue weighted by Crippen LogP contribution is -2.06. The number of aromatic nitrogens is 3. The first kappa shape index (κ1) is 11.2. The standard InChI is InChI=1S/C13H15N3O2/c1-3-18-13(17)10-7-14-16-8(2)6-11(9-4-5-9)15-12(10)16/h6-7,9H,3-5H2,1-2H3. The van der Waals surface area contributed by atoms with E-state index in [9.17, 15) is 4.79 Å². The normalized spacial score (nSPS) is 15.0. The van der Waals surface area contributed by atoms with E-state index in [1.165, 1.54) is 19.0 Å². The summed E-state index contributed by atoms with van der Waals surface area (Å²) in [5.74, 6) is 0.200. The summed E-state index contributed by atoms with van der Waals surface area (Å²) in [6, 6.07) is 2.05. The van der Waals surface area contributed by atoms with Gasteiger partial charge in [0.1, 0.15) is 5.56 Å². The van der Waals surface area contributed by atoms with Crippen LogP contribution >= 0.6 is 0 Å². The Morgan fingerprint density at radius 3 is 3.00 bits per heavy atom. The molecule has 0 amide bonds. The molecule has 1 aliphatic carbocycles. The largest absolute Gasteiger partial charge is 0.462 e. The second-order valence-corrected chi connectivity index (χ2v) is 4.61. The van der Waals surface area contributed by atoms with Crippen molar-refractivity contribution in [3.63, 3.8) is 0 Å². The lowest BCUT2D eigenvalue weighted by atomic mass is 10.2. The van der Waals surface area contributed by atoms with Gasteiger partial charge in [0.05, 0.1) is 12.8 Å². The van der Waals surface area contributed by atoms with E-state index >= 15 is 0 Å². The van der Waals surface area contributed by atoms with Crippen LogP contribution in [0.25, 0.3) is 5.65 Å². The molecule has 0 atom stereocenters. The van der Waals surface area contributed by atoms with Gasteiger partial charge in [0.25, 0.3) is 0 Å². The molecule has 5 nitrogen and oxygen atoms in total. The van der Waals surface area contributed by atoms with E-state index in [0.717, 1.165) is 11.4 Å². The van der Waals surface area contributed by atoms with E-state index in [2.05, 4.69) is 10.1 Å². The molecule has 0 unspecified atom stereocenters. The maximum absolute atomic E-state index is 11.8. The Hall–Kier alpha value is -1.91. The van der Waals surface area contributed by atoms with Gasteiger partial charge in [0.15, 0.2) is 5.65 Å². The molecule has 2 heterocycles. The number of hydrogen-bond acceptors (Lipinski definition) is 4. The van der Waals surface area contributed by atoms with E-state index in [1.807, 2.05) is 13.0 Å². The Balaban J connectivity index is 2.12. The van der Waals surface area contributed by atoms with Crippen LogP contribution in [0.4, 0.5) is 0 Å². The van der Waals surface area contributed by atoms with Crippen molar-refractivity contribution in [2.24, 2.45) is 0 Å². The molecule has 0 bridgehead atoms. The van der Waals surface area contributed by atoms with E-state index in [1.54, 1.807) is 11.4 Å². The molecule has 2 aromatic rings. The maximum atomic E-state index is 11.8. The van der Waals surface area contributed by atoms with Crippen molar-refractivity contribution in [3.8, 4) is 0 Å². The molecule has 2 aromatic heterocycles. The van der Waals surface area contributed by atoms with Crippen LogP contribution in [-0.2, 0) is 4.74 Å². The highest BCUT2D eigenvalue weighted by Crippen LogP contribution is 2.39. The zero-order valence-corrected chi connectivity index (χ0v) is 10.5. The molecule has 1 saturated carbocycles. The summed E-state index contributed by atoms with van der Waals surface area (Å²) < 4.78 is 6.71. The molecule has 1 fully saturated rings. The second kappa shape index (κ2) is 4.08. The summed E-state index contributed by atoms with van der Waals surface area (Å²) in [5, 5.41) is 4.20. The predicted octanol–water partition coefficient (Wildman–Crippen LogP) is 2.09. The van der Waals surface area contributed by atoms with Gasteiger partial charge in [-0.25, -0.2) is 14.3 Å². The lowest BCUT2D eigenvalue weighted by molar-refractivity contribution is 0.0528. The van der Waals surface area contributed by atoms with Gasteiger partial charge in [-0.3, -0.25) is 0 Å². The van der Waals surface area contributed by atoms with Crippen LogP contribution in [0.15, 0.2) is 12.3 Å². The van der Waals surface area contributed by atoms with E-state index < -0.39 is 0 Å². The van der Waals surface area contributed by atoms with Crippen molar-refractivity contribution >= 4 is 11.6 Å². The number of carbonyl (C=O) groups is 1. The monoisotopic (exact) mass is 245 g/mol. The third-order valence-corrected chi connectivity index (χ3v) is 3.16. The zero-order valence-electron chi connectivity index (χ0n) is 10.5. The lowest BCUT2D eigenvalue weighted by Gasteiger charge is -2.04. The average molecular weight is 245 g/mol. The fraction of sp³-hybridized carbons (Fsp3) is 0.462. The minimum absolute atomic E-state index is 0.354. The Bertz CT molecular complexity index is 614. The van der Waals surface area contributed by atoms with E-state index in [4.69, 9.17) is 4.74 Å². The average Bonchev–Trinajstić information content (AvgIpc) is 3.09. The summed E-state index contributed by atoms with van der Waals surface area (Å²) in [6.07, 6.45) is 3.90. The second-order valence-electron chi connectivity index (χ2n) is 4.61. The molecule has 3 rings (SSSR count). The maximum Gasteiger partial charge on any atom is 0.343 e. The number of carbonyl (C=O) groups excluding carboxylic acids is 1. The molecule has 0 aromatic carbocycles. The first-order chi connectivity index (χ1) is 8.70. The summed E-state index contributed by atoms with van der Waals surface area (Å²) in [7, 11) is 0. The molecule has 5 heteroatoms. The van der Waals surface area contributed by atoms with Gasteiger partial charge in [-0.1, -0.05) is 0 Å². The number of rotatable bonds is 3. The Labute approximate surface area is 105 Å². The molecule has 94 valence electrons. The van der Waals surface area contributed by atoms with Crippen molar-refractivity contribution in [2.75, 3.05) is 6.61 Å². The van der Waals surface area contributed by atoms with Gasteiger partial charge >= 0.3 is 5.97 Å².